The van der Waals surface area contributed by atoms with Gasteiger partial charge in [-0.05, 0) is 19.1 Å². The van der Waals surface area contributed by atoms with Crippen LogP contribution >= 0.6 is 0 Å². The van der Waals surface area contributed by atoms with Crippen molar-refractivity contribution < 1.29 is 9.53 Å². The van der Waals surface area contributed by atoms with Crippen LogP contribution < -0.4 is 5.73 Å². The molecule has 0 saturated carbocycles. The number of nitriles is 1. The summed E-state index contributed by atoms with van der Waals surface area (Å²) in [5.74, 6) is -0.441. The molecular weight excluding hydrogens is 244 g/mol. The molecule has 2 rings (SSSR count). The first kappa shape index (κ1) is 12.6. The minimum absolute atomic E-state index is 0.302. The number of carbonyl (C=O) groups excluding carboxylic acids is 1. The Morgan fingerprint density at radius 2 is 2.37 bits per heavy atom. The summed E-state index contributed by atoms with van der Waals surface area (Å²) in [6, 6.07) is 7.04. The molecule has 96 valence electrons. The predicted octanol–water partition coefficient (Wildman–Crippen LogP) is 1.50. The molecule has 0 spiro atoms. The van der Waals surface area contributed by atoms with Crippen LogP contribution in [0.4, 0.5) is 5.69 Å². The van der Waals surface area contributed by atoms with Gasteiger partial charge in [0.05, 0.1) is 35.3 Å². The Balaban J connectivity index is 2.39. The molecule has 0 amide bonds. The van der Waals surface area contributed by atoms with E-state index in [1.165, 1.54) is 17.1 Å². The highest BCUT2D eigenvalue weighted by Gasteiger charge is 2.12. The number of hydrogen-bond acceptors (Lipinski definition) is 5. The Bertz CT molecular complexity index is 655. The van der Waals surface area contributed by atoms with Gasteiger partial charge in [-0.1, -0.05) is 6.07 Å². The molecule has 19 heavy (non-hydrogen) atoms. The second-order valence-corrected chi connectivity index (χ2v) is 3.74. The lowest BCUT2D eigenvalue weighted by molar-refractivity contribution is 0.0526. The van der Waals surface area contributed by atoms with E-state index in [9.17, 15) is 4.79 Å². The smallest absolute Gasteiger partial charge is 0.341 e. The van der Waals surface area contributed by atoms with E-state index in [0.717, 1.165) is 0 Å². The molecule has 6 nitrogen and oxygen atoms in total. The normalized spacial score (nSPS) is 9.89. The molecule has 0 radical (unpaired) electrons. The molecule has 0 bridgehead atoms. The number of nitrogens with zero attached hydrogens (tertiary/aromatic N) is 3. The van der Waals surface area contributed by atoms with Gasteiger partial charge in [0.2, 0.25) is 0 Å². The number of nitrogens with two attached hydrogens (primary N) is 1. The van der Waals surface area contributed by atoms with Crippen molar-refractivity contribution in [3.05, 3.63) is 41.7 Å². The minimum atomic E-state index is -0.441. The molecule has 2 N–H and O–H groups in total. The van der Waals surface area contributed by atoms with Crippen LogP contribution in [0.2, 0.25) is 0 Å². The van der Waals surface area contributed by atoms with E-state index in [0.29, 0.717) is 29.1 Å². The summed E-state index contributed by atoms with van der Waals surface area (Å²) < 4.78 is 6.32. The van der Waals surface area contributed by atoms with Gasteiger partial charge < -0.3 is 10.5 Å². The third-order valence-corrected chi connectivity index (χ3v) is 2.54. The maximum absolute atomic E-state index is 11.5. The van der Waals surface area contributed by atoms with E-state index in [4.69, 9.17) is 15.7 Å². The number of benzene rings is 1. The van der Waals surface area contributed by atoms with E-state index in [-0.39, 0.29) is 0 Å². The summed E-state index contributed by atoms with van der Waals surface area (Å²) in [7, 11) is 0. The largest absolute Gasteiger partial charge is 0.462 e. The average Bonchev–Trinajstić information content (AvgIpc) is 2.89. The Hall–Kier alpha value is -2.81. The molecule has 1 heterocycles. The molecule has 0 aliphatic carbocycles. The van der Waals surface area contributed by atoms with Crippen LogP contribution in [-0.2, 0) is 4.74 Å². The van der Waals surface area contributed by atoms with Crippen molar-refractivity contribution in [3.63, 3.8) is 0 Å². The molecular formula is C13H12N4O2. The number of para-hydroxylation sites is 1. The van der Waals surface area contributed by atoms with Crippen molar-refractivity contribution in [1.29, 1.82) is 5.26 Å². The molecule has 0 atom stereocenters. The highest BCUT2D eigenvalue weighted by molar-refractivity contribution is 5.89. The van der Waals surface area contributed by atoms with Crippen molar-refractivity contribution in [2.45, 2.75) is 6.92 Å². The van der Waals surface area contributed by atoms with E-state index in [1.807, 2.05) is 6.07 Å². The van der Waals surface area contributed by atoms with Crippen LogP contribution in [0, 0.1) is 11.3 Å². The first-order valence-electron chi connectivity index (χ1n) is 5.68. The average molecular weight is 256 g/mol. The molecule has 0 fully saturated rings. The van der Waals surface area contributed by atoms with Gasteiger partial charge in [-0.25, -0.2) is 9.48 Å². The summed E-state index contributed by atoms with van der Waals surface area (Å²) in [4.78, 5) is 11.5. The summed E-state index contributed by atoms with van der Waals surface area (Å²) >= 11 is 0. The van der Waals surface area contributed by atoms with Crippen molar-refractivity contribution in [2.24, 2.45) is 0 Å². The number of rotatable bonds is 3. The Labute approximate surface area is 110 Å². The fourth-order valence-corrected chi connectivity index (χ4v) is 1.62. The zero-order valence-corrected chi connectivity index (χ0v) is 10.3. The topological polar surface area (TPSA) is 93.9 Å². The zero-order valence-electron chi connectivity index (χ0n) is 10.3. The number of carbonyl (C=O) groups is 1. The quantitative estimate of drug-likeness (QED) is 0.663. The summed E-state index contributed by atoms with van der Waals surface area (Å²) in [5, 5.41) is 13.0. The van der Waals surface area contributed by atoms with Gasteiger partial charge in [0, 0.05) is 6.20 Å². The van der Waals surface area contributed by atoms with E-state index < -0.39 is 5.97 Å². The summed E-state index contributed by atoms with van der Waals surface area (Å²) in [5.41, 5.74) is 7.45. The van der Waals surface area contributed by atoms with E-state index >= 15 is 0 Å². The fraction of sp³-hybridized carbons (Fsp3) is 0.154. The van der Waals surface area contributed by atoms with Crippen LogP contribution in [0.15, 0.2) is 30.6 Å². The van der Waals surface area contributed by atoms with E-state index in [1.54, 1.807) is 25.1 Å². The first-order chi connectivity index (χ1) is 9.17. The fourth-order valence-electron chi connectivity index (χ4n) is 1.62. The third-order valence-electron chi connectivity index (χ3n) is 2.54. The zero-order chi connectivity index (χ0) is 13.8. The predicted molar refractivity (Wildman–Crippen MR) is 68.6 cm³/mol. The molecule has 1 aromatic carbocycles. The van der Waals surface area contributed by atoms with Crippen molar-refractivity contribution in [3.8, 4) is 11.8 Å². The highest BCUT2D eigenvalue weighted by atomic mass is 16.5. The van der Waals surface area contributed by atoms with Gasteiger partial charge >= 0.3 is 5.97 Å². The molecule has 0 saturated heterocycles. The monoisotopic (exact) mass is 256 g/mol. The SMILES string of the molecule is CCOC(=O)c1cnn(-c2cccc(C#N)c2N)c1. The number of anilines is 1. The number of ether oxygens (including phenoxy) is 1. The van der Waals surface area contributed by atoms with Crippen molar-refractivity contribution in [2.75, 3.05) is 12.3 Å². The Morgan fingerprint density at radius 1 is 1.58 bits per heavy atom. The first-order valence-corrected chi connectivity index (χ1v) is 5.68. The maximum atomic E-state index is 11.5. The van der Waals surface area contributed by atoms with Crippen LogP contribution in [0.5, 0.6) is 0 Å². The van der Waals surface area contributed by atoms with Gasteiger partial charge in [-0.3, -0.25) is 0 Å². The number of nitrogen functional groups attached to an aromatic ring is 1. The maximum Gasteiger partial charge on any atom is 0.341 e. The molecule has 2 aromatic rings. The molecule has 0 aliphatic rings. The lowest BCUT2D eigenvalue weighted by atomic mass is 10.1. The van der Waals surface area contributed by atoms with Gasteiger partial charge in [-0.2, -0.15) is 10.4 Å². The number of aromatic nitrogens is 2. The standard InChI is InChI=1S/C13H12N4O2/c1-2-19-13(18)10-7-16-17(8-10)11-5-3-4-9(6-14)12(11)15/h3-5,7-8H,2,15H2,1H3. The minimum Gasteiger partial charge on any atom is -0.462 e. The van der Waals surface area contributed by atoms with Crippen molar-refractivity contribution in [1.82, 2.24) is 9.78 Å². The molecule has 6 heteroatoms. The molecule has 0 aliphatic heterocycles. The van der Waals surface area contributed by atoms with Crippen LogP contribution in [0.3, 0.4) is 0 Å². The Morgan fingerprint density at radius 3 is 3.05 bits per heavy atom. The van der Waals surface area contributed by atoms with Crippen LogP contribution in [0.1, 0.15) is 22.8 Å². The Kier molecular flexibility index (Phi) is 3.48. The third kappa shape index (κ3) is 2.40. The van der Waals surface area contributed by atoms with E-state index in [2.05, 4.69) is 5.10 Å². The number of hydrogen-bond donors (Lipinski definition) is 1. The molecule has 1 aromatic heterocycles. The van der Waals surface area contributed by atoms with Gasteiger partial charge in [0.1, 0.15) is 6.07 Å². The van der Waals surface area contributed by atoms with Crippen molar-refractivity contribution >= 4 is 11.7 Å². The lowest BCUT2D eigenvalue weighted by Gasteiger charge is -2.06. The second kappa shape index (κ2) is 5.23. The summed E-state index contributed by atoms with van der Waals surface area (Å²) in [6.45, 7) is 2.03. The van der Waals surface area contributed by atoms with Crippen LogP contribution in [0.25, 0.3) is 5.69 Å². The van der Waals surface area contributed by atoms with Gasteiger partial charge in [0.15, 0.2) is 0 Å². The second-order valence-electron chi connectivity index (χ2n) is 3.74. The lowest BCUT2D eigenvalue weighted by Crippen LogP contribution is -2.04. The van der Waals surface area contributed by atoms with Gasteiger partial charge in [-0.15, -0.1) is 0 Å². The number of esters is 1. The molecule has 0 unspecified atom stereocenters. The van der Waals surface area contributed by atoms with Gasteiger partial charge in [0.25, 0.3) is 0 Å². The van der Waals surface area contributed by atoms with Crippen LogP contribution in [-0.4, -0.2) is 22.4 Å². The highest BCUT2D eigenvalue weighted by Crippen LogP contribution is 2.20. The summed E-state index contributed by atoms with van der Waals surface area (Å²) in [6.07, 6.45) is 2.92.